The molecule has 12 heteroatoms. The number of hydrogen-bond acceptors (Lipinski definition) is 9. The summed E-state index contributed by atoms with van der Waals surface area (Å²) in [5.41, 5.74) is 1.15. The van der Waals surface area contributed by atoms with E-state index >= 15 is 0 Å². The second-order valence-corrected chi connectivity index (χ2v) is 14.7. The minimum Gasteiger partial charge on any atom is -0.460 e. The number of rotatable bonds is 11. The molecule has 1 aromatic heterocycles. The summed E-state index contributed by atoms with van der Waals surface area (Å²) in [5.74, 6) is -1.95. The zero-order chi connectivity index (χ0) is 38.4. The molecule has 5 aromatic rings. The van der Waals surface area contributed by atoms with Crippen molar-refractivity contribution in [3.8, 4) is 0 Å². The van der Waals surface area contributed by atoms with Crippen molar-refractivity contribution >= 4 is 45.4 Å². The van der Waals surface area contributed by atoms with Gasteiger partial charge in [0.2, 0.25) is 17.7 Å². The molecule has 12 nitrogen and oxygen atoms in total. The van der Waals surface area contributed by atoms with Crippen LogP contribution in [-0.4, -0.2) is 82.2 Å². The van der Waals surface area contributed by atoms with Gasteiger partial charge in [0.25, 0.3) is 5.82 Å². The number of amides is 3. The molecule has 2 atom stereocenters. The average molecular weight is 734 g/mol. The molecule has 0 bridgehead atoms. The Morgan fingerprint density at radius 3 is 2.02 bits per heavy atom. The van der Waals surface area contributed by atoms with E-state index in [1.807, 2.05) is 106 Å². The summed E-state index contributed by atoms with van der Waals surface area (Å²) in [7, 11) is 1.64. The summed E-state index contributed by atoms with van der Waals surface area (Å²) < 4.78 is 16.2. The Morgan fingerprint density at radius 1 is 0.870 bits per heavy atom. The minimum absolute atomic E-state index is 0.0624. The van der Waals surface area contributed by atoms with E-state index in [9.17, 15) is 19.2 Å². The van der Waals surface area contributed by atoms with Crippen LogP contribution in [-0.2, 0) is 31.9 Å². The Morgan fingerprint density at radius 2 is 1.44 bits per heavy atom. The van der Waals surface area contributed by atoms with E-state index in [0.29, 0.717) is 25.9 Å². The number of piperidine rings is 1. The second kappa shape index (κ2) is 16.5. The van der Waals surface area contributed by atoms with E-state index in [1.54, 1.807) is 18.9 Å². The highest BCUT2D eigenvalue weighted by atomic mass is 16.6. The lowest BCUT2D eigenvalue weighted by Crippen LogP contribution is -2.52. The fourth-order valence-electron chi connectivity index (χ4n) is 6.77. The van der Waals surface area contributed by atoms with E-state index in [2.05, 4.69) is 15.5 Å². The van der Waals surface area contributed by atoms with Crippen molar-refractivity contribution in [1.82, 2.24) is 25.3 Å². The zero-order valence-electron chi connectivity index (χ0n) is 31.4. The van der Waals surface area contributed by atoms with Gasteiger partial charge in [-0.2, -0.15) is 4.98 Å². The monoisotopic (exact) mass is 733 g/mol. The number of carbonyl (C=O) groups excluding carboxylic acids is 4. The van der Waals surface area contributed by atoms with Crippen molar-refractivity contribution in [3.63, 3.8) is 0 Å². The number of hydrogen-bond donors (Lipinski definition) is 1. The standard InChI is InChI=1S/C42H47N5O7/c1-6-52-40(50)36-44-38(54-45-36)35(26-28-16-18-30-12-8-10-14-33(30)24-28)46(5)39(49)34(25-27-15-17-29-11-7-9-13-32(29)23-27)43-37(48)31-19-21-47(22-20-31)41(51)53-42(2,3)4/h7-18,23-24,31,34-35H,6,19-22,25-26H2,1-5H3,(H,43,48)/t34-,35-/m1/s1. The van der Waals surface area contributed by atoms with Crippen LogP contribution in [0.1, 0.15) is 74.2 Å². The van der Waals surface area contributed by atoms with Crippen LogP contribution in [0, 0.1) is 5.92 Å². The summed E-state index contributed by atoms with van der Waals surface area (Å²) in [4.78, 5) is 61.4. The fourth-order valence-corrected chi connectivity index (χ4v) is 6.77. The maximum absolute atomic E-state index is 14.7. The molecule has 282 valence electrons. The highest BCUT2D eigenvalue weighted by molar-refractivity contribution is 5.90. The molecule has 0 spiro atoms. The lowest BCUT2D eigenvalue weighted by molar-refractivity contribution is -0.139. The van der Waals surface area contributed by atoms with E-state index in [4.69, 9.17) is 14.0 Å². The third-order valence-electron chi connectivity index (χ3n) is 9.63. The second-order valence-electron chi connectivity index (χ2n) is 14.7. The molecule has 1 aliphatic rings. The van der Waals surface area contributed by atoms with Crippen LogP contribution in [0.5, 0.6) is 0 Å². The summed E-state index contributed by atoms with van der Waals surface area (Å²) in [6, 6.07) is 26.2. The Kier molecular flexibility index (Phi) is 11.6. The molecule has 3 amide bonds. The molecule has 1 fully saturated rings. The van der Waals surface area contributed by atoms with Crippen molar-refractivity contribution in [1.29, 1.82) is 0 Å². The maximum atomic E-state index is 14.7. The number of nitrogens with one attached hydrogen (secondary N) is 1. The average Bonchev–Trinajstić information content (AvgIpc) is 3.66. The van der Waals surface area contributed by atoms with Crippen LogP contribution >= 0.6 is 0 Å². The number of likely N-dealkylation sites (N-methyl/N-ethyl adjacent to an activating group) is 1. The number of nitrogens with zero attached hydrogens (tertiary/aromatic N) is 4. The molecule has 6 rings (SSSR count). The van der Waals surface area contributed by atoms with Gasteiger partial charge in [0, 0.05) is 38.9 Å². The van der Waals surface area contributed by atoms with Crippen LogP contribution in [0.25, 0.3) is 21.5 Å². The molecule has 2 heterocycles. The van der Waals surface area contributed by atoms with Gasteiger partial charge in [-0.05, 0) is 78.4 Å². The largest absolute Gasteiger partial charge is 0.460 e. The third kappa shape index (κ3) is 9.22. The molecule has 1 saturated heterocycles. The van der Waals surface area contributed by atoms with Gasteiger partial charge in [0.15, 0.2) is 0 Å². The number of benzene rings is 4. The van der Waals surface area contributed by atoms with Gasteiger partial charge >= 0.3 is 12.1 Å². The summed E-state index contributed by atoms with van der Waals surface area (Å²) in [6.45, 7) is 8.00. The molecular formula is C42H47N5O7. The third-order valence-corrected chi connectivity index (χ3v) is 9.63. The van der Waals surface area contributed by atoms with Crippen LogP contribution < -0.4 is 5.32 Å². The summed E-state index contributed by atoms with van der Waals surface area (Å²) >= 11 is 0. The van der Waals surface area contributed by atoms with Crippen molar-refractivity contribution < 1.29 is 33.2 Å². The van der Waals surface area contributed by atoms with E-state index in [-0.39, 0.29) is 43.0 Å². The molecule has 0 unspecified atom stereocenters. The first-order chi connectivity index (χ1) is 25.9. The van der Waals surface area contributed by atoms with Gasteiger partial charge in [-0.3, -0.25) is 9.59 Å². The first-order valence-corrected chi connectivity index (χ1v) is 18.4. The van der Waals surface area contributed by atoms with Crippen LogP contribution in [0.4, 0.5) is 4.79 Å². The van der Waals surface area contributed by atoms with E-state index in [1.165, 1.54) is 4.90 Å². The first kappa shape index (κ1) is 38.0. The smallest absolute Gasteiger partial charge is 0.410 e. The van der Waals surface area contributed by atoms with E-state index in [0.717, 1.165) is 32.7 Å². The summed E-state index contributed by atoms with van der Waals surface area (Å²) in [5, 5.41) is 11.1. The zero-order valence-corrected chi connectivity index (χ0v) is 31.4. The number of aromatic nitrogens is 2. The predicted molar refractivity (Wildman–Crippen MR) is 204 cm³/mol. The van der Waals surface area contributed by atoms with E-state index < -0.39 is 35.7 Å². The van der Waals surface area contributed by atoms with Gasteiger partial charge in [-0.15, -0.1) is 0 Å². The number of esters is 1. The van der Waals surface area contributed by atoms with Gasteiger partial charge in [-0.25, -0.2) is 9.59 Å². The molecule has 0 radical (unpaired) electrons. The van der Waals surface area contributed by atoms with Crippen molar-refractivity contribution in [3.05, 3.63) is 108 Å². The highest BCUT2D eigenvalue weighted by Gasteiger charge is 2.36. The minimum atomic E-state index is -0.959. The molecule has 54 heavy (non-hydrogen) atoms. The Bertz CT molecular complexity index is 2130. The van der Waals surface area contributed by atoms with Crippen molar-refractivity contribution in [2.45, 2.75) is 71.1 Å². The number of fused-ring (bicyclic) bond motifs is 2. The predicted octanol–water partition coefficient (Wildman–Crippen LogP) is 6.67. The fraction of sp³-hybridized carbons (Fsp3) is 0.381. The quantitative estimate of drug-likeness (QED) is 0.147. The van der Waals surface area contributed by atoms with Crippen molar-refractivity contribution in [2.24, 2.45) is 5.92 Å². The number of likely N-dealkylation sites (tertiary alicyclic amines) is 1. The van der Waals surface area contributed by atoms with Crippen LogP contribution in [0.2, 0.25) is 0 Å². The topological polar surface area (TPSA) is 144 Å². The first-order valence-electron chi connectivity index (χ1n) is 18.4. The van der Waals surface area contributed by atoms with Gasteiger partial charge in [-0.1, -0.05) is 84.9 Å². The number of carbonyl (C=O) groups is 4. The lowest BCUT2D eigenvalue weighted by Gasteiger charge is -2.34. The molecule has 0 aliphatic carbocycles. The molecule has 4 aromatic carbocycles. The van der Waals surface area contributed by atoms with Gasteiger partial charge in [0.1, 0.15) is 17.7 Å². The lowest BCUT2D eigenvalue weighted by atomic mass is 9.94. The molecular weight excluding hydrogens is 686 g/mol. The summed E-state index contributed by atoms with van der Waals surface area (Å²) in [6.07, 6.45) is 0.966. The van der Waals surface area contributed by atoms with Crippen LogP contribution in [0.15, 0.2) is 89.5 Å². The molecule has 0 saturated carbocycles. The Balaban J connectivity index is 1.28. The maximum Gasteiger partial charge on any atom is 0.410 e. The van der Waals surface area contributed by atoms with Gasteiger partial charge in [0.05, 0.1) is 6.61 Å². The SMILES string of the molecule is CCOC(=O)c1noc([C@@H](Cc2ccc3ccccc3c2)N(C)C(=O)[C@@H](Cc2ccc3ccccc3c2)NC(=O)C2CCN(C(=O)OC(C)(C)C)CC2)n1. The Hall–Kier alpha value is -5.78. The number of ether oxygens (including phenoxy) is 2. The Labute approximate surface area is 314 Å². The van der Waals surface area contributed by atoms with Crippen molar-refractivity contribution in [2.75, 3.05) is 26.7 Å². The van der Waals surface area contributed by atoms with Gasteiger partial charge < -0.3 is 29.1 Å². The normalized spacial score (nSPS) is 14.7. The highest BCUT2D eigenvalue weighted by Crippen LogP contribution is 2.28. The van der Waals surface area contributed by atoms with Crippen LogP contribution in [0.3, 0.4) is 0 Å². The molecule has 1 N–H and O–H groups in total. The molecule has 1 aliphatic heterocycles.